The van der Waals surface area contributed by atoms with Crippen molar-refractivity contribution < 1.29 is 19.6 Å². The predicted molar refractivity (Wildman–Crippen MR) is 109 cm³/mol. The van der Waals surface area contributed by atoms with Crippen LogP contribution in [0.4, 0.5) is 5.69 Å². The number of thiocarbonyl (C=S) groups is 1. The minimum absolute atomic E-state index is 0.0129. The number of hydrogen-bond donors (Lipinski definition) is 1. The van der Waals surface area contributed by atoms with Gasteiger partial charge in [-0.3, -0.25) is 24.6 Å². The number of carboxylic acids is 1. The Hall–Kier alpha value is -2.98. The summed E-state index contributed by atoms with van der Waals surface area (Å²) in [5.74, 6) is -1.58. The zero-order valence-electron chi connectivity index (χ0n) is 14.9. The number of aryl methyl sites for hydroxylation is 1. The number of aliphatic carboxylic acids is 1. The lowest BCUT2D eigenvalue weighted by Crippen LogP contribution is -2.33. The van der Waals surface area contributed by atoms with Crippen LogP contribution in [0.15, 0.2) is 35.2 Å². The van der Waals surface area contributed by atoms with Crippen LogP contribution in [-0.4, -0.2) is 42.2 Å². The Kier molecular flexibility index (Phi) is 5.34. The number of carbonyl (C=O) groups is 2. The van der Waals surface area contributed by atoms with Crippen LogP contribution in [0.25, 0.3) is 11.8 Å². The standard InChI is InChI=1S/C18H15N3O5S2/c1-10-6-12(7-15-17(24)19(9-16(22)23)18(27)28-15)11(2)20(10)13-4-3-5-14(8-13)21(25)26/h3-8H,9H2,1-2H3,(H,22,23). The second-order valence-electron chi connectivity index (χ2n) is 6.10. The molecule has 1 amide bonds. The predicted octanol–water partition coefficient (Wildman–Crippen LogP) is 3.29. The van der Waals surface area contributed by atoms with E-state index in [-0.39, 0.29) is 10.0 Å². The number of hydrogen-bond acceptors (Lipinski definition) is 6. The molecule has 0 aliphatic carbocycles. The summed E-state index contributed by atoms with van der Waals surface area (Å²) in [5, 5.41) is 20.0. The molecule has 2 heterocycles. The van der Waals surface area contributed by atoms with Gasteiger partial charge in [-0.15, -0.1) is 0 Å². The summed E-state index contributed by atoms with van der Waals surface area (Å²) in [5.41, 5.74) is 3.01. The SMILES string of the molecule is Cc1cc(C=C2SC(=S)N(CC(=O)O)C2=O)c(C)n1-c1cccc([N+](=O)[O-])c1. The average molecular weight is 417 g/mol. The Bertz CT molecular complexity index is 1060. The summed E-state index contributed by atoms with van der Waals surface area (Å²) < 4.78 is 2.06. The van der Waals surface area contributed by atoms with Gasteiger partial charge in [-0.2, -0.15) is 0 Å². The molecule has 0 atom stereocenters. The molecule has 1 fully saturated rings. The maximum Gasteiger partial charge on any atom is 0.323 e. The highest BCUT2D eigenvalue weighted by atomic mass is 32.2. The van der Waals surface area contributed by atoms with E-state index in [0.29, 0.717) is 10.6 Å². The van der Waals surface area contributed by atoms with Crippen LogP contribution in [0.5, 0.6) is 0 Å². The number of thioether (sulfide) groups is 1. The third-order valence-electron chi connectivity index (χ3n) is 4.22. The molecule has 1 aromatic heterocycles. The van der Waals surface area contributed by atoms with Crippen molar-refractivity contribution in [2.24, 2.45) is 0 Å². The molecule has 0 bridgehead atoms. The molecule has 0 unspecified atom stereocenters. The number of carbonyl (C=O) groups excluding carboxylic acids is 1. The first kappa shape index (κ1) is 19.8. The summed E-state index contributed by atoms with van der Waals surface area (Å²) >= 11 is 6.15. The van der Waals surface area contributed by atoms with Crippen molar-refractivity contribution in [1.82, 2.24) is 9.47 Å². The molecule has 0 radical (unpaired) electrons. The highest BCUT2D eigenvalue weighted by molar-refractivity contribution is 8.26. The molecule has 28 heavy (non-hydrogen) atoms. The Morgan fingerprint density at radius 2 is 2.07 bits per heavy atom. The third-order valence-corrected chi connectivity index (χ3v) is 5.60. The van der Waals surface area contributed by atoms with Gasteiger partial charge in [0, 0.05) is 23.5 Å². The van der Waals surface area contributed by atoms with Crippen molar-refractivity contribution in [1.29, 1.82) is 0 Å². The van der Waals surface area contributed by atoms with Gasteiger partial charge in [0.25, 0.3) is 11.6 Å². The Morgan fingerprint density at radius 3 is 2.71 bits per heavy atom. The van der Waals surface area contributed by atoms with Crippen LogP contribution in [0.3, 0.4) is 0 Å². The number of nitrogens with zero attached hydrogens (tertiary/aromatic N) is 3. The fourth-order valence-electron chi connectivity index (χ4n) is 2.99. The highest BCUT2D eigenvalue weighted by Gasteiger charge is 2.33. The van der Waals surface area contributed by atoms with Crippen LogP contribution in [-0.2, 0) is 9.59 Å². The minimum Gasteiger partial charge on any atom is -0.480 e. The number of nitro benzene ring substituents is 1. The number of benzene rings is 1. The first-order valence-electron chi connectivity index (χ1n) is 8.10. The zero-order valence-corrected chi connectivity index (χ0v) is 16.5. The highest BCUT2D eigenvalue weighted by Crippen LogP contribution is 2.34. The maximum atomic E-state index is 12.5. The largest absolute Gasteiger partial charge is 0.480 e. The van der Waals surface area contributed by atoms with Gasteiger partial charge in [0.05, 0.1) is 15.5 Å². The van der Waals surface area contributed by atoms with Crippen molar-refractivity contribution in [3.63, 3.8) is 0 Å². The minimum atomic E-state index is -1.14. The lowest BCUT2D eigenvalue weighted by atomic mass is 10.2. The molecule has 1 aromatic carbocycles. The van der Waals surface area contributed by atoms with E-state index >= 15 is 0 Å². The molecule has 0 saturated carbocycles. The fraction of sp³-hybridized carbons (Fsp3) is 0.167. The van der Waals surface area contributed by atoms with Gasteiger partial charge in [0.2, 0.25) is 0 Å². The monoisotopic (exact) mass is 417 g/mol. The molecule has 1 N–H and O–H groups in total. The number of aromatic nitrogens is 1. The molecular weight excluding hydrogens is 402 g/mol. The molecule has 0 spiro atoms. The first-order valence-corrected chi connectivity index (χ1v) is 9.32. The average Bonchev–Trinajstić information content (AvgIpc) is 3.05. The van der Waals surface area contributed by atoms with Crippen LogP contribution >= 0.6 is 24.0 Å². The Balaban J connectivity index is 1.99. The van der Waals surface area contributed by atoms with E-state index in [0.717, 1.165) is 33.6 Å². The summed E-state index contributed by atoms with van der Waals surface area (Å²) in [6.45, 7) is 3.23. The molecule has 3 rings (SSSR count). The van der Waals surface area contributed by atoms with E-state index in [1.54, 1.807) is 18.2 Å². The second-order valence-corrected chi connectivity index (χ2v) is 7.78. The first-order chi connectivity index (χ1) is 13.2. The Labute approximate surface area is 169 Å². The van der Waals surface area contributed by atoms with E-state index in [9.17, 15) is 19.7 Å². The van der Waals surface area contributed by atoms with Crippen molar-refractivity contribution in [3.05, 3.63) is 62.3 Å². The van der Waals surface area contributed by atoms with E-state index in [1.807, 2.05) is 24.5 Å². The molecule has 1 saturated heterocycles. The summed E-state index contributed by atoms with van der Waals surface area (Å²) in [7, 11) is 0. The lowest BCUT2D eigenvalue weighted by molar-refractivity contribution is -0.384. The molecule has 2 aromatic rings. The maximum absolute atomic E-state index is 12.5. The second kappa shape index (κ2) is 7.56. The molecule has 1 aliphatic rings. The van der Waals surface area contributed by atoms with Crippen LogP contribution in [0.1, 0.15) is 17.0 Å². The smallest absolute Gasteiger partial charge is 0.323 e. The van der Waals surface area contributed by atoms with Gasteiger partial charge in [0.1, 0.15) is 10.9 Å². The van der Waals surface area contributed by atoms with Gasteiger partial charge in [-0.25, -0.2) is 0 Å². The Morgan fingerprint density at radius 1 is 1.36 bits per heavy atom. The third kappa shape index (κ3) is 3.69. The quantitative estimate of drug-likeness (QED) is 0.344. The van der Waals surface area contributed by atoms with Crippen LogP contribution in [0, 0.1) is 24.0 Å². The zero-order chi connectivity index (χ0) is 20.6. The normalized spacial score (nSPS) is 15.5. The van der Waals surface area contributed by atoms with Gasteiger partial charge in [-0.05, 0) is 37.6 Å². The van der Waals surface area contributed by atoms with Crippen molar-refractivity contribution in [2.45, 2.75) is 13.8 Å². The number of non-ortho nitro benzene ring substituents is 1. The van der Waals surface area contributed by atoms with Crippen molar-refractivity contribution in [2.75, 3.05) is 6.54 Å². The van der Waals surface area contributed by atoms with Gasteiger partial charge in [-0.1, -0.05) is 30.0 Å². The fourth-order valence-corrected chi connectivity index (χ4v) is 4.24. The van der Waals surface area contributed by atoms with Crippen LogP contribution in [0.2, 0.25) is 0 Å². The van der Waals surface area contributed by atoms with E-state index in [1.165, 1.54) is 12.1 Å². The summed E-state index contributed by atoms with van der Waals surface area (Å²) in [4.78, 5) is 35.4. The number of amides is 1. The number of nitro groups is 1. The number of rotatable bonds is 5. The topological polar surface area (TPSA) is 106 Å². The summed E-state index contributed by atoms with van der Waals surface area (Å²) in [6.07, 6.45) is 1.66. The van der Waals surface area contributed by atoms with E-state index in [4.69, 9.17) is 17.3 Å². The molecular formula is C18H15N3O5S2. The van der Waals surface area contributed by atoms with E-state index < -0.39 is 23.3 Å². The van der Waals surface area contributed by atoms with Crippen molar-refractivity contribution >= 4 is 51.9 Å². The molecule has 8 nitrogen and oxygen atoms in total. The van der Waals surface area contributed by atoms with Crippen LogP contribution < -0.4 is 0 Å². The van der Waals surface area contributed by atoms with Gasteiger partial charge >= 0.3 is 5.97 Å². The van der Waals surface area contributed by atoms with Gasteiger partial charge in [0.15, 0.2) is 0 Å². The molecule has 1 aliphatic heterocycles. The van der Waals surface area contributed by atoms with Crippen molar-refractivity contribution in [3.8, 4) is 5.69 Å². The molecule has 10 heteroatoms. The molecule has 144 valence electrons. The number of carboxylic acid groups (broad SMARTS) is 1. The summed E-state index contributed by atoms with van der Waals surface area (Å²) in [6, 6.07) is 8.15. The lowest BCUT2D eigenvalue weighted by Gasteiger charge is -2.10. The van der Waals surface area contributed by atoms with E-state index in [2.05, 4.69) is 0 Å². The van der Waals surface area contributed by atoms with Gasteiger partial charge < -0.3 is 9.67 Å².